The number of benzene rings is 1. The van der Waals surface area contributed by atoms with Gasteiger partial charge in [-0.25, -0.2) is 0 Å². The zero-order valence-corrected chi connectivity index (χ0v) is 11.0. The molecule has 1 aliphatic heterocycles. The maximum absolute atomic E-state index is 11.3. The number of methoxy groups -OCH3 is 1. The van der Waals surface area contributed by atoms with Crippen LogP contribution in [0.5, 0.6) is 0 Å². The van der Waals surface area contributed by atoms with Crippen molar-refractivity contribution in [3.63, 3.8) is 0 Å². The van der Waals surface area contributed by atoms with Gasteiger partial charge in [0.05, 0.1) is 13.5 Å². The molecule has 0 spiro atoms. The molecule has 1 unspecified atom stereocenters. The molecule has 0 radical (unpaired) electrons. The van der Waals surface area contributed by atoms with Crippen LogP contribution in [0.15, 0.2) is 18.2 Å². The van der Waals surface area contributed by atoms with Crippen LogP contribution in [0, 0.1) is 0 Å². The number of hydrogen-bond donors (Lipinski definition) is 1. The molecule has 0 amide bonds. The van der Waals surface area contributed by atoms with Gasteiger partial charge in [-0.1, -0.05) is 12.1 Å². The van der Waals surface area contributed by atoms with Gasteiger partial charge >= 0.3 is 5.97 Å². The third-order valence-corrected chi connectivity index (χ3v) is 3.65. The molecular formula is C14H20N2O2. The molecule has 1 atom stereocenters. The van der Waals surface area contributed by atoms with E-state index in [0.29, 0.717) is 6.42 Å². The lowest BCUT2D eigenvalue weighted by Crippen LogP contribution is -2.39. The van der Waals surface area contributed by atoms with Crippen LogP contribution in [0.2, 0.25) is 0 Å². The van der Waals surface area contributed by atoms with Gasteiger partial charge in [-0.05, 0) is 30.5 Å². The molecule has 1 heterocycles. The van der Waals surface area contributed by atoms with Gasteiger partial charge in [-0.3, -0.25) is 9.69 Å². The third-order valence-electron chi connectivity index (χ3n) is 3.65. The average Bonchev–Trinajstić information content (AvgIpc) is 2.38. The van der Waals surface area contributed by atoms with Gasteiger partial charge in [-0.15, -0.1) is 0 Å². The molecule has 0 saturated carbocycles. The van der Waals surface area contributed by atoms with Gasteiger partial charge in [0.15, 0.2) is 0 Å². The quantitative estimate of drug-likeness (QED) is 0.652. The van der Waals surface area contributed by atoms with E-state index in [1.807, 2.05) is 12.1 Å². The fourth-order valence-electron chi connectivity index (χ4n) is 2.46. The number of nitrogens with zero attached hydrogens (tertiary/aromatic N) is 1. The van der Waals surface area contributed by atoms with Crippen LogP contribution in [0.1, 0.15) is 24.5 Å². The predicted molar refractivity (Wildman–Crippen MR) is 71.1 cm³/mol. The number of anilines is 1. The molecular weight excluding hydrogens is 228 g/mol. The first-order valence-corrected chi connectivity index (χ1v) is 6.29. The maximum Gasteiger partial charge on any atom is 0.307 e. The normalized spacial score (nSPS) is 17.0. The zero-order valence-electron chi connectivity index (χ0n) is 11.0. The summed E-state index contributed by atoms with van der Waals surface area (Å²) >= 11 is 0. The Morgan fingerprint density at radius 2 is 2.33 bits per heavy atom. The first-order chi connectivity index (χ1) is 8.61. The molecule has 18 heavy (non-hydrogen) atoms. The van der Waals surface area contributed by atoms with Crippen molar-refractivity contribution in [2.24, 2.45) is 0 Å². The Bertz CT molecular complexity index is 445. The highest BCUT2D eigenvalue weighted by Crippen LogP contribution is 2.25. The largest absolute Gasteiger partial charge is 0.469 e. The van der Waals surface area contributed by atoms with Crippen molar-refractivity contribution in [1.82, 2.24) is 4.90 Å². The Hall–Kier alpha value is -1.55. The lowest BCUT2D eigenvalue weighted by atomic mass is 9.97. The zero-order chi connectivity index (χ0) is 13.1. The molecule has 0 aromatic heterocycles. The van der Waals surface area contributed by atoms with Crippen LogP contribution in [0.3, 0.4) is 0 Å². The Balaban J connectivity index is 2.07. The highest BCUT2D eigenvalue weighted by molar-refractivity contribution is 5.69. The number of nitrogens with two attached hydrogens (primary N) is 1. The smallest absolute Gasteiger partial charge is 0.307 e. The first kappa shape index (κ1) is 12.9. The van der Waals surface area contributed by atoms with Crippen molar-refractivity contribution in [3.05, 3.63) is 29.3 Å². The van der Waals surface area contributed by atoms with Gasteiger partial charge in [0.1, 0.15) is 0 Å². The number of nitrogen functional groups attached to an aromatic ring is 1. The highest BCUT2D eigenvalue weighted by Gasteiger charge is 2.23. The van der Waals surface area contributed by atoms with E-state index in [1.54, 1.807) is 0 Å². The monoisotopic (exact) mass is 248 g/mol. The molecule has 2 N–H and O–H groups in total. The second kappa shape index (κ2) is 5.40. The van der Waals surface area contributed by atoms with Crippen LogP contribution in [-0.2, 0) is 22.5 Å². The predicted octanol–water partition coefficient (Wildman–Crippen LogP) is 1.58. The SMILES string of the molecule is COC(=O)CC(C)N1CCc2cccc(N)c2C1. The second-order valence-corrected chi connectivity index (χ2v) is 4.83. The summed E-state index contributed by atoms with van der Waals surface area (Å²) in [4.78, 5) is 13.6. The minimum Gasteiger partial charge on any atom is -0.469 e. The molecule has 98 valence electrons. The van der Waals surface area contributed by atoms with Gasteiger partial charge in [0.25, 0.3) is 0 Å². The summed E-state index contributed by atoms with van der Waals surface area (Å²) < 4.78 is 4.71. The van der Waals surface area contributed by atoms with E-state index in [0.717, 1.165) is 25.2 Å². The van der Waals surface area contributed by atoms with E-state index >= 15 is 0 Å². The van der Waals surface area contributed by atoms with Crippen molar-refractivity contribution in [3.8, 4) is 0 Å². The lowest BCUT2D eigenvalue weighted by molar-refractivity contribution is -0.142. The van der Waals surface area contributed by atoms with Crippen LogP contribution in [0.4, 0.5) is 5.69 Å². The number of hydrogen-bond acceptors (Lipinski definition) is 4. The number of ether oxygens (including phenoxy) is 1. The van der Waals surface area contributed by atoms with Crippen LogP contribution in [0.25, 0.3) is 0 Å². The lowest BCUT2D eigenvalue weighted by Gasteiger charge is -2.33. The molecule has 1 aromatic carbocycles. The molecule has 0 fully saturated rings. The summed E-state index contributed by atoms with van der Waals surface area (Å²) in [5.41, 5.74) is 9.40. The Morgan fingerprint density at radius 3 is 3.06 bits per heavy atom. The fraction of sp³-hybridized carbons (Fsp3) is 0.500. The Labute approximate surface area is 108 Å². The number of rotatable bonds is 3. The molecule has 4 nitrogen and oxygen atoms in total. The summed E-state index contributed by atoms with van der Waals surface area (Å²) in [6.45, 7) is 3.84. The average molecular weight is 248 g/mol. The molecule has 0 aliphatic carbocycles. The number of carbonyl (C=O) groups excluding carboxylic acids is 1. The fourth-order valence-corrected chi connectivity index (χ4v) is 2.46. The van der Waals surface area contributed by atoms with Crippen molar-refractivity contribution in [2.75, 3.05) is 19.4 Å². The molecule has 4 heteroatoms. The summed E-state index contributed by atoms with van der Waals surface area (Å²) in [5, 5.41) is 0. The number of fused-ring (bicyclic) bond motifs is 1. The summed E-state index contributed by atoms with van der Waals surface area (Å²) in [5.74, 6) is -0.158. The van der Waals surface area contributed by atoms with E-state index in [4.69, 9.17) is 10.5 Å². The highest BCUT2D eigenvalue weighted by atomic mass is 16.5. The van der Waals surface area contributed by atoms with E-state index in [1.165, 1.54) is 18.2 Å². The van der Waals surface area contributed by atoms with E-state index < -0.39 is 0 Å². The standard InChI is InChI=1S/C14H20N2O2/c1-10(8-14(17)18-2)16-7-6-11-4-3-5-13(15)12(11)9-16/h3-5,10H,6-9,15H2,1-2H3. The maximum atomic E-state index is 11.3. The molecule has 1 aliphatic rings. The van der Waals surface area contributed by atoms with Crippen LogP contribution < -0.4 is 5.73 Å². The van der Waals surface area contributed by atoms with Gasteiger partial charge in [-0.2, -0.15) is 0 Å². The number of esters is 1. The summed E-state index contributed by atoms with van der Waals surface area (Å²) in [6, 6.07) is 6.26. The van der Waals surface area contributed by atoms with Crippen molar-refractivity contribution >= 4 is 11.7 Å². The summed E-state index contributed by atoms with van der Waals surface area (Å²) in [6.07, 6.45) is 1.42. The van der Waals surface area contributed by atoms with Crippen LogP contribution in [-0.4, -0.2) is 30.6 Å². The Morgan fingerprint density at radius 1 is 1.56 bits per heavy atom. The second-order valence-electron chi connectivity index (χ2n) is 4.83. The van der Waals surface area contributed by atoms with E-state index in [2.05, 4.69) is 17.9 Å². The van der Waals surface area contributed by atoms with Gasteiger partial charge in [0, 0.05) is 24.8 Å². The van der Waals surface area contributed by atoms with Crippen molar-refractivity contribution in [1.29, 1.82) is 0 Å². The van der Waals surface area contributed by atoms with Crippen LogP contribution >= 0.6 is 0 Å². The van der Waals surface area contributed by atoms with Gasteiger partial charge in [0.2, 0.25) is 0 Å². The topological polar surface area (TPSA) is 55.6 Å². The number of carbonyl (C=O) groups is 1. The third kappa shape index (κ3) is 2.64. The molecule has 0 bridgehead atoms. The van der Waals surface area contributed by atoms with Crippen molar-refractivity contribution < 1.29 is 9.53 Å². The molecule has 1 aromatic rings. The Kier molecular flexibility index (Phi) is 3.87. The van der Waals surface area contributed by atoms with Gasteiger partial charge < -0.3 is 10.5 Å². The molecule has 2 rings (SSSR count). The van der Waals surface area contributed by atoms with E-state index in [9.17, 15) is 4.79 Å². The minimum atomic E-state index is -0.158. The first-order valence-electron chi connectivity index (χ1n) is 6.29. The van der Waals surface area contributed by atoms with Crippen molar-refractivity contribution in [2.45, 2.75) is 32.4 Å². The molecule has 0 saturated heterocycles. The summed E-state index contributed by atoms with van der Waals surface area (Å²) in [7, 11) is 1.43. The van der Waals surface area contributed by atoms with E-state index in [-0.39, 0.29) is 12.0 Å². The minimum absolute atomic E-state index is 0.158.